The predicted molar refractivity (Wildman–Crippen MR) is 85.6 cm³/mol. The Morgan fingerprint density at radius 1 is 1.24 bits per heavy atom. The van der Waals surface area contributed by atoms with E-state index in [0.717, 1.165) is 49.5 Å². The van der Waals surface area contributed by atoms with Gasteiger partial charge in [-0.05, 0) is 63.5 Å². The minimum atomic E-state index is -0.379. The first-order chi connectivity index (χ1) is 10.1. The standard InChI is InChI=1S/C17H24ClNO2/c1-3-19-11-9-17(10-12-19,16(20)21-4-2)13-14-5-7-15(18)8-6-14/h5-8H,3-4,9-13H2,1-2H3. The molecule has 0 N–H and O–H groups in total. The summed E-state index contributed by atoms with van der Waals surface area (Å²) in [5.41, 5.74) is 0.771. The first-order valence-electron chi connectivity index (χ1n) is 7.73. The lowest BCUT2D eigenvalue weighted by Gasteiger charge is -2.39. The Labute approximate surface area is 132 Å². The molecule has 2 rings (SSSR count). The third kappa shape index (κ3) is 3.98. The summed E-state index contributed by atoms with van der Waals surface area (Å²) >= 11 is 5.94. The van der Waals surface area contributed by atoms with Crippen molar-refractivity contribution >= 4 is 17.6 Å². The van der Waals surface area contributed by atoms with Gasteiger partial charge < -0.3 is 9.64 Å². The van der Waals surface area contributed by atoms with Crippen LogP contribution in [0.1, 0.15) is 32.3 Å². The van der Waals surface area contributed by atoms with Crippen molar-refractivity contribution in [3.05, 3.63) is 34.9 Å². The minimum Gasteiger partial charge on any atom is -0.466 e. The van der Waals surface area contributed by atoms with Gasteiger partial charge in [-0.25, -0.2) is 0 Å². The predicted octanol–water partition coefficient (Wildman–Crippen LogP) is 3.55. The summed E-state index contributed by atoms with van der Waals surface area (Å²) in [6, 6.07) is 7.79. The number of piperidine rings is 1. The first-order valence-corrected chi connectivity index (χ1v) is 8.11. The van der Waals surface area contributed by atoms with Gasteiger partial charge in [-0.3, -0.25) is 4.79 Å². The Morgan fingerprint density at radius 3 is 2.38 bits per heavy atom. The van der Waals surface area contributed by atoms with E-state index in [1.54, 1.807) is 0 Å². The van der Waals surface area contributed by atoms with Crippen LogP contribution in [0.3, 0.4) is 0 Å². The number of halogens is 1. The number of likely N-dealkylation sites (tertiary alicyclic amines) is 1. The van der Waals surface area contributed by atoms with Crippen molar-refractivity contribution in [1.29, 1.82) is 0 Å². The van der Waals surface area contributed by atoms with E-state index in [9.17, 15) is 4.79 Å². The molecule has 1 heterocycles. The molecule has 4 heteroatoms. The SMILES string of the molecule is CCOC(=O)C1(Cc2ccc(Cl)cc2)CCN(CC)CC1. The van der Waals surface area contributed by atoms with E-state index in [0.29, 0.717) is 6.61 Å². The molecule has 1 aliphatic rings. The van der Waals surface area contributed by atoms with Crippen molar-refractivity contribution in [2.45, 2.75) is 33.1 Å². The van der Waals surface area contributed by atoms with E-state index in [1.165, 1.54) is 0 Å². The molecule has 0 spiro atoms. The van der Waals surface area contributed by atoms with Crippen molar-refractivity contribution in [2.24, 2.45) is 5.41 Å². The molecule has 0 unspecified atom stereocenters. The van der Waals surface area contributed by atoms with Crippen LogP contribution < -0.4 is 0 Å². The molecule has 1 aliphatic heterocycles. The van der Waals surface area contributed by atoms with Crippen LogP contribution in [0.2, 0.25) is 5.02 Å². The van der Waals surface area contributed by atoms with Crippen LogP contribution >= 0.6 is 11.6 Å². The van der Waals surface area contributed by atoms with Crippen LogP contribution in [0.4, 0.5) is 0 Å². The molecular formula is C17H24ClNO2. The van der Waals surface area contributed by atoms with Gasteiger partial charge in [-0.1, -0.05) is 30.7 Å². The van der Waals surface area contributed by atoms with Crippen molar-refractivity contribution in [2.75, 3.05) is 26.2 Å². The number of nitrogens with zero attached hydrogens (tertiary/aromatic N) is 1. The highest BCUT2D eigenvalue weighted by Gasteiger charge is 2.42. The molecule has 21 heavy (non-hydrogen) atoms. The summed E-state index contributed by atoms with van der Waals surface area (Å²) in [5, 5.41) is 0.727. The van der Waals surface area contributed by atoms with E-state index < -0.39 is 0 Å². The monoisotopic (exact) mass is 309 g/mol. The summed E-state index contributed by atoms with van der Waals surface area (Å²) in [4.78, 5) is 14.9. The summed E-state index contributed by atoms with van der Waals surface area (Å²) in [5.74, 6) is -0.0456. The molecule has 0 aliphatic carbocycles. The van der Waals surface area contributed by atoms with Gasteiger partial charge in [0.1, 0.15) is 0 Å². The zero-order valence-corrected chi connectivity index (χ0v) is 13.7. The molecule has 0 radical (unpaired) electrons. The van der Waals surface area contributed by atoms with Gasteiger partial charge >= 0.3 is 5.97 Å². The fourth-order valence-electron chi connectivity index (χ4n) is 3.03. The van der Waals surface area contributed by atoms with Gasteiger partial charge in [-0.15, -0.1) is 0 Å². The van der Waals surface area contributed by atoms with Crippen molar-refractivity contribution in [3.8, 4) is 0 Å². The molecule has 0 amide bonds. The van der Waals surface area contributed by atoms with Gasteiger partial charge in [0.2, 0.25) is 0 Å². The second-order valence-electron chi connectivity index (χ2n) is 5.74. The highest BCUT2D eigenvalue weighted by Crippen LogP contribution is 2.36. The van der Waals surface area contributed by atoms with Crippen LogP contribution in [0.15, 0.2) is 24.3 Å². The van der Waals surface area contributed by atoms with Crippen LogP contribution in [-0.4, -0.2) is 37.1 Å². The minimum absolute atomic E-state index is 0.0456. The number of hydrogen-bond donors (Lipinski definition) is 0. The van der Waals surface area contributed by atoms with E-state index >= 15 is 0 Å². The maximum atomic E-state index is 12.5. The van der Waals surface area contributed by atoms with Crippen LogP contribution in [0, 0.1) is 5.41 Å². The van der Waals surface area contributed by atoms with Gasteiger partial charge in [0, 0.05) is 5.02 Å². The van der Waals surface area contributed by atoms with E-state index in [1.807, 2.05) is 31.2 Å². The third-order valence-electron chi connectivity index (χ3n) is 4.42. The number of benzene rings is 1. The molecule has 1 aromatic rings. The number of ether oxygens (including phenoxy) is 1. The summed E-state index contributed by atoms with van der Waals surface area (Å²) in [7, 11) is 0. The zero-order valence-electron chi connectivity index (χ0n) is 12.9. The lowest BCUT2D eigenvalue weighted by molar-refractivity contribution is -0.158. The second-order valence-corrected chi connectivity index (χ2v) is 6.17. The lowest BCUT2D eigenvalue weighted by atomic mass is 9.73. The van der Waals surface area contributed by atoms with Crippen molar-refractivity contribution in [3.63, 3.8) is 0 Å². The maximum Gasteiger partial charge on any atom is 0.312 e. The Balaban J connectivity index is 2.16. The first kappa shape index (κ1) is 16.3. The van der Waals surface area contributed by atoms with Crippen LogP contribution in [0.5, 0.6) is 0 Å². The number of hydrogen-bond acceptors (Lipinski definition) is 3. The highest BCUT2D eigenvalue weighted by atomic mass is 35.5. The molecule has 3 nitrogen and oxygen atoms in total. The van der Waals surface area contributed by atoms with Gasteiger partial charge in [0.25, 0.3) is 0 Å². The van der Waals surface area contributed by atoms with Crippen LogP contribution in [0.25, 0.3) is 0 Å². The third-order valence-corrected chi connectivity index (χ3v) is 4.68. The largest absolute Gasteiger partial charge is 0.466 e. The summed E-state index contributed by atoms with van der Waals surface area (Å²) in [6.07, 6.45) is 2.46. The molecular weight excluding hydrogens is 286 g/mol. The zero-order chi connectivity index (χ0) is 15.3. The van der Waals surface area contributed by atoms with Gasteiger partial charge in [0.15, 0.2) is 0 Å². The second kappa shape index (κ2) is 7.28. The van der Waals surface area contributed by atoms with Crippen molar-refractivity contribution < 1.29 is 9.53 Å². The maximum absolute atomic E-state index is 12.5. The molecule has 0 bridgehead atoms. The van der Waals surface area contributed by atoms with Crippen LogP contribution in [-0.2, 0) is 16.0 Å². The summed E-state index contributed by atoms with van der Waals surface area (Å²) < 4.78 is 5.37. The molecule has 0 atom stereocenters. The molecule has 0 saturated carbocycles. The van der Waals surface area contributed by atoms with E-state index in [-0.39, 0.29) is 11.4 Å². The topological polar surface area (TPSA) is 29.5 Å². The number of carbonyl (C=O) groups excluding carboxylic acids is 1. The molecule has 1 saturated heterocycles. The van der Waals surface area contributed by atoms with Gasteiger partial charge in [-0.2, -0.15) is 0 Å². The average molecular weight is 310 g/mol. The Kier molecular flexibility index (Phi) is 5.65. The van der Waals surface area contributed by atoms with Gasteiger partial charge in [0.05, 0.1) is 12.0 Å². The fraction of sp³-hybridized carbons (Fsp3) is 0.588. The molecule has 116 valence electrons. The number of esters is 1. The smallest absolute Gasteiger partial charge is 0.312 e. The Morgan fingerprint density at radius 2 is 1.86 bits per heavy atom. The lowest BCUT2D eigenvalue weighted by Crippen LogP contribution is -2.46. The Hall–Kier alpha value is -1.06. The fourth-order valence-corrected chi connectivity index (χ4v) is 3.15. The quantitative estimate of drug-likeness (QED) is 0.779. The number of carbonyl (C=O) groups is 1. The molecule has 0 aromatic heterocycles. The van der Waals surface area contributed by atoms with E-state index in [2.05, 4.69) is 11.8 Å². The van der Waals surface area contributed by atoms with E-state index in [4.69, 9.17) is 16.3 Å². The number of rotatable bonds is 5. The normalized spacial score (nSPS) is 18.4. The average Bonchev–Trinajstić information content (AvgIpc) is 2.50. The van der Waals surface area contributed by atoms with Crippen molar-refractivity contribution in [1.82, 2.24) is 4.90 Å². The Bertz CT molecular complexity index is 464. The molecule has 1 aromatic carbocycles. The summed E-state index contributed by atoms with van der Waals surface area (Å²) in [6.45, 7) is 7.44. The molecule has 1 fully saturated rings. The highest BCUT2D eigenvalue weighted by molar-refractivity contribution is 6.30.